The molecule has 0 bridgehead atoms. The fraction of sp³-hybridized carbons (Fsp3) is 0.500. The lowest BCUT2D eigenvalue weighted by atomic mass is 10.3. The van der Waals surface area contributed by atoms with E-state index in [9.17, 15) is 0 Å². The molecule has 0 saturated carbocycles. The van der Waals surface area contributed by atoms with Crippen molar-refractivity contribution in [3.63, 3.8) is 0 Å². The zero-order valence-electron chi connectivity index (χ0n) is 26.0. The van der Waals surface area contributed by atoms with Gasteiger partial charge in [0.2, 0.25) is 5.75 Å². The second-order valence-corrected chi connectivity index (χ2v) is 17.9. The molecule has 302 valence electrons. The highest BCUT2D eigenvalue weighted by Crippen LogP contribution is 2.64. The van der Waals surface area contributed by atoms with E-state index in [-0.39, 0.29) is 0 Å². The number of benzene rings is 1. The summed E-state index contributed by atoms with van der Waals surface area (Å²) in [6.07, 6.45) is 0. The molecule has 0 aliphatic heterocycles. The van der Waals surface area contributed by atoms with Crippen LogP contribution >= 0.6 is 54.9 Å². The minimum absolute atomic E-state index is 0.737. The Morgan fingerprint density at radius 3 is 0.960 bits per heavy atom. The summed E-state index contributed by atoms with van der Waals surface area (Å²) in [6, 6.07) is 5.76. The number of phosphoric acid groups is 6. The highest BCUT2D eigenvalue weighted by Gasteiger charge is 2.52. The maximum absolute atomic E-state index is 8.88. The second-order valence-electron chi connectivity index (χ2n) is 8.17. The minimum Gasteiger partial charge on any atom is -0.303 e. The third kappa shape index (κ3) is 56.8. The van der Waals surface area contributed by atoms with Crippen molar-refractivity contribution in [2.45, 2.75) is 0 Å². The Hall–Kier alpha value is -0.610. The Kier molecular flexibility index (Phi) is 28.9. The molecular weight excluding hydrogens is 845 g/mol. The largest absolute Gasteiger partial charge is 0.466 e. The number of nitrogens with zero attached hydrogens (tertiary/aromatic N) is 5. The number of hydrogen-bond donors (Lipinski definition) is 19. The molecule has 0 atom stereocenters. The SMILES string of the molecule is CN(C)[P+](Oc1cccc2n[nH]nc12)(N(C)C)N(C)C.O=P(O)(O)O.O=P(O)(O)O.O=P(O)(O)O.O=P(O)(O)O.O=P(O)(O)O.O=P(O)(O)O. The van der Waals surface area contributed by atoms with Crippen molar-refractivity contribution < 1.29 is 120 Å². The summed E-state index contributed by atoms with van der Waals surface area (Å²) >= 11 is 0. The fourth-order valence-corrected chi connectivity index (χ4v) is 5.41. The molecule has 0 fully saturated rings. The Balaban J connectivity index is -0.000000185. The van der Waals surface area contributed by atoms with Crippen molar-refractivity contribution in [1.82, 2.24) is 29.4 Å². The number of aromatic nitrogens is 3. The van der Waals surface area contributed by atoms with Gasteiger partial charge in [-0.3, -0.25) is 4.52 Å². The van der Waals surface area contributed by atoms with E-state index >= 15 is 0 Å². The summed E-state index contributed by atoms with van der Waals surface area (Å²) in [5, 5.41) is 10.9. The van der Waals surface area contributed by atoms with E-state index in [4.69, 9.17) is 120 Å². The monoisotopic (exact) mass is 885 g/mol. The van der Waals surface area contributed by atoms with Gasteiger partial charge in [-0.15, -0.1) is 14.0 Å². The van der Waals surface area contributed by atoms with E-state index in [1.807, 2.05) is 60.5 Å². The van der Waals surface area contributed by atoms with Crippen LogP contribution in [0, 0.1) is 0 Å². The van der Waals surface area contributed by atoms with E-state index < -0.39 is 54.9 Å². The van der Waals surface area contributed by atoms with Crippen LogP contribution in [0.25, 0.3) is 11.0 Å². The summed E-state index contributed by atoms with van der Waals surface area (Å²) < 4.78 is 66.1. The first kappa shape index (κ1) is 58.7. The number of para-hydroxylation sites is 1. The highest BCUT2D eigenvalue weighted by molar-refractivity contribution is 7.64. The van der Waals surface area contributed by atoms with Crippen LogP contribution in [0.4, 0.5) is 0 Å². The van der Waals surface area contributed by atoms with E-state index in [0.29, 0.717) is 0 Å². The molecule has 0 saturated heterocycles. The van der Waals surface area contributed by atoms with E-state index in [1.54, 1.807) is 0 Å². The van der Waals surface area contributed by atoms with Gasteiger partial charge < -0.3 is 88.1 Å². The predicted octanol–water partition coefficient (Wildman–Crippen LogP) is -3.87. The van der Waals surface area contributed by atoms with Crippen molar-refractivity contribution >= 4 is 65.9 Å². The van der Waals surface area contributed by atoms with Gasteiger partial charge in [0.05, 0.1) is 0 Å². The topological polar surface area (TPSA) is 527 Å². The average Bonchev–Trinajstić information content (AvgIpc) is 3.19. The molecule has 0 spiro atoms. The first-order chi connectivity index (χ1) is 21.4. The zero-order valence-corrected chi connectivity index (χ0v) is 32.3. The molecule has 19 N–H and O–H groups in total. The summed E-state index contributed by atoms with van der Waals surface area (Å²) in [4.78, 5) is 129. The summed E-state index contributed by atoms with van der Waals surface area (Å²) in [7, 11) is -17.8. The fourth-order valence-electron chi connectivity index (χ4n) is 2.37. The van der Waals surface area contributed by atoms with Gasteiger partial charge in [0, 0.05) is 42.3 Å². The lowest BCUT2D eigenvalue weighted by Gasteiger charge is -2.36. The van der Waals surface area contributed by atoms with E-state index in [1.165, 1.54) is 0 Å². The van der Waals surface area contributed by atoms with Gasteiger partial charge in [-0.1, -0.05) is 6.07 Å². The number of aromatic amines is 1. The van der Waals surface area contributed by atoms with Crippen LogP contribution in [0.3, 0.4) is 0 Å². The van der Waals surface area contributed by atoms with Gasteiger partial charge in [-0.05, 0) is 12.1 Å². The highest BCUT2D eigenvalue weighted by atomic mass is 31.2. The van der Waals surface area contributed by atoms with Crippen LogP contribution in [0.2, 0.25) is 0 Å². The van der Waals surface area contributed by atoms with E-state index in [2.05, 4.69) is 29.4 Å². The molecule has 31 nitrogen and oxygen atoms in total. The quantitative estimate of drug-likeness (QED) is 0.128. The maximum Gasteiger partial charge on any atom is 0.466 e. The number of nitrogens with one attached hydrogen (secondary N) is 1. The number of fused-ring (bicyclic) bond motifs is 1. The Morgan fingerprint density at radius 2 is 0.740 bits per heavy atom. The maximum atomic E-state index is 8.88. The first-order valence-corrected chi connectivity index (χ1v) is 22.0. The van der Waals surface area contributed by atoms with Crippen molar-refractivity contribution in [1.29, 1.82) is 0 Å². The van der Waals surface area contributed by atoms with Crippen molar-refractivity contribution in [2.24, 2.45) is 0 Å². The third-order valence-electron chi connectivity index (χ3n) is 3.09. The molecule has 2 rings (SSSR count). The molecule has 50 heavy (non-hydrogen) atoms. The van der Waals surface area contributed by atoms with Crippen LogP contribution in [0.5, 0.6) is 5.75 Å². The van der Waals surface area contributed by atoms with Crippen molar-refractivity contribution in [3.05, 3.63) is 18.2 Å². The molecule has 1 aromatic carbocycles. The molecule has 1 heterocycles. The minimum atomic E-state index is -4.64. The lowest BCUT2D eigenvalue weighted by molar-refractivity contribution is 0.272. The van der Waals surface area contributed by atoms with Gasteiger partial charge in [-0.2, -0.15) is 15.4 Å². The molecule has 38 heteroatoms. The summed E-state index contributed by atoms with van der Waals surface area (Å²) in [6.45, 7) is 0. The Bertz CT molecular complexity index is 1280. The normalized spacial score (nSPS) is 12.2. The lowest BCUT2D eigenvalue weighted by Crippen LogP contribution is -2.39. The summed E-state index contributed by atoms with van der Waals surface area (Å²) in [5.41, 5.74) is 1.55. The van der Waals surface area contributed by atoms with Gasteiger partial charge >= 0.3 is 54.9 Å². The van der Waals surface area contributed by atoms with Crippen molar-refractivity contribution in [2.75, 3.05) is 42.3 Å². The Morgan fingerprint density at radius 1 is 0.500 bits per heavy atom. The zero-order chi connectivity index (χ0) is 41.9. The van der Waals surface area contributed by atoms with Crippen molar-refractivity contribution in [3.8, 4) is 5.75 Å². The van der Waals surface area contributed by atoms with Gasteiger partial charge in [0.15, 0.2) is 5.52 Å². The third-order valence-corrected chi connectivity index (χ3v) is 6.66. The standard InChI is InChI=1S/C12H22N6OP.6H3O4P/c1-16(2)20(17(3)4,18(5)6)19-11-9-7-8-10-12(11)14-15-13-10;6*1-5(2,3)4/h7-9H,1-6H3,(H,13,14,15);6*(H3,1,2,3,4)/q+1;;;;;;. The molecule has 0 amide bonds. The van der Waals surface area contributed by atoms with E-state index in [0.717, 1.165) is 16.8 Å². The molecule has 0 radical (unpaired) electrons. The molecule has 0 aliphatic carbocycles. The number of H-pyrrole nitrogens is 1. The Labute approximate surface area is 281 Å². The molecule has 0 unspecified atom stereocenters. The van der Waals surface area contributed by atoms with Crippen LogP contribution in [0.1, 0.15) is 0 Å². The first-order valence-electron chi connectivity index (χ1n) is 11.0. The van der Waals surface area contributed by atoms with Gasteiger partial charge in [-0.25, -0.2) is 27.4 Å². The second kappa shape index (κ2) is 24.7. The van der Waals surface area contributed by atoms with Gasteiger partial charge in [0.25, 0.3) is 0 Å². The van der Waals surface area contributed by atoms with Gasteiger partial charge in [0.1, 0.15) is 5.52 Å². The number of hydrogen-bond acceptors (Lipinski definition) is 12. The van der Waals surface area contributed by atoms with Crippen LogP contribution in [-0.4, -0.2) is 160 Å². The molecule has 0 aliphatic rings. The molecule has 1 aromatic heterocycles. The number of rotatable bonds is 5. The average molecular weight is 885 g/mol. The summed E-state index contributed by atoms with van der Waals surface area (Å²) in [5.74, 6) is 0.737. The smallest absolute Gasteiger partial charge is 0.303 e. The molecular formula is C12H40N6O25P7+. The molecule has 2 aromatic rings. The predicted molar refractivity (Wildman–Crippen MR) is 168 cm³/mol. The van der Waals surface area contributed by atoms with Crippen LogP contribution < -0.4 is 4.52 Å². The van der Waals surface area contributed by atoms with Crippen LogP contribution in [-0.2, 0) is 27.4 Å². The van der Waals surface area contributed by atoms with Crippen LogP contribution in [0.15, 0.2) is 18.2 Å².